The van der Waals surface area contributed by atoms with Crippen LogP contribution in [0, 0.1) is 0 Å². The number of benzene rings is 1. The SMILES string of the molecule is COc1ccc(CNC(Cc2cccs2)c2nccs2)cc1OC. The standard InChI is InChI=1S/C18H20N2O2S2/c1-21-16-6-5-13(10-17(16)22-2)12-20-15(18-19-7-9-24-18)11-14-4-3-8-23-14/h3-10,15,20H,11-12H2,1-2H3. The van der Waals surface area contributed by atoms with Gasteiger partial charge in [0.2, 0.25) is 0 Å². The monoisotopic (exact) mass is 360 g/mol. The zero-order chi connectivity index (χ0) is 16.8. The smallest absolute Gasteiger partial charge is 0.161 e. The molecule has 0 spiro atoms. The number of hydrogen-bond donors (Lipinski definition) is 1. The fourth-order valence-electron chi connectivity index (χ4n) is 2.51. The molecule has 0 bridgehead atoms. The van der Waals surface area contributed by atoms with E-state index < -0.39 is 0 Å². The molecule has 24 heavy (non-hydrogen) atoms. The minimum Gasteiger partial charge on any atom is -0.493 e. The van der Waals surface area contributed by atoms with Gasteiger partial charge in [0.1, 0.15) is 5.01 Å². The molecule has 0 radical (unpaired) electrons. The molecule has 0 amide bonds. The minimum absolute atomic E-state index is 0.205. The lowest BCUT2D eigenvalue weighted by Gasteiger charge is -2.17. The van der Waals surface area contributed by atoms with Gasteiger partial charge < -0.3 is 14.8 Å². The number of thiazole rings is 1. The van der Waals surface area contributed by atoms with Gasteiger partial charge in [-0.25, -0.2) is 4.98 Å². The number of nitrogens with zero attached hydrogens (tertiary/aromatic N) is 1. The number of ether oxygens (including phenoxy) is 2. The average molecular weight is 361 g/mol. The molecule has 0 saturated heterocycles. The lowest BCUT2D eigenvalue weighted by atomic mass is 10.1. The van der Waals surface area contributed by atoms with Crippen molar-refractivity contribution in [2.24, 2.45) is 0 Å². The van der Waals surface area contributed by atoms with Crippen molar-refractivity contribution in [2.45, 2.75) is 19.0 Å². The number of nitrogens with one attached hydrogen (secondary N) is 1. The predicted octanol–water partition coefficient (Wildman–Crippen LogP) is 4.30. The minimum atomic E-state index is 0.205. The summed E-state index contributed by atoms with van der Waals surface area (Å²) in [6.45, 7) is 0.746. The molecule has 1 N–H and O–H groups in total. The second-order valence-corrected chi connectivity index (χ2v) is 7.24. The molecule has 2 heterocycles. The number of methoxy groups -OCH3 is 2. The van der Waals surface area contributed by atoms with Gasteiger partial charge in [-0.3, -0.25) is 0 Å². The van der Waals surface area contributed by atoms with E-state index in [9.17, 15) is 0 Å². The van der Waals surface area contributed by atoms with Crippen LogP contribution in [0.5, 0.6) is 11.5 Å². The molecule has 126 valence electrons. The molecular formula is C18H20N2O2S2. The fraction of sp³-hybridized carbons (Fsp3) is 0.278. The molecule has 0 aliphatic rings. The lowest BCUT2D eigenvalue weighted by molar-refractivity contribution is 0.354. The van der Waals surface area contributed by atoms with Crippen molar-refractivity contribution in [2.75, 3.05) is 14.2 Å². The van der Waals surface area contributed by atoms with E-state index in [1.54, 1.807) is 36.9 Å². The summed E-state index contributed by atoms with van der Waals surface area (Å²) in [6.07, 6.45) is 2.80. The third kappa shape index (κ3) is 4.14. The first-order valence-corrected chi connectivity index (χ1v) is 9.42. The van der Waals surface area contributed by atoms with Crippen LogP contribution in [0.4, 0.5) is 0 Å². The van der Waals surface area contributed by atoms with Gasteiger partial charge in [-0.05, 0) is 29.1 Å². The normalized spacial score (nSPS) is 12.1. The fourth-order valence-corrected chi connectivity index (χ4v) is 3.98. The molecule has 4 nitrogen and oxygen atoms in total. The molecule has 1 atom stereocenters. The van der Waals surface area contributed by atoms with E-state index in [4.69, 9.17) is 9.47 Å². The van der Waals surface area contributed by atoms with Crippen LogP contribution in [-0.4, -0.2) is 19.2 Å². The second kappa shape index (κ2) is 8.28. The van der Waals surface area contributed by atoms with Gasteiger partial charge in [-0.15, -0.1) is 22.7 Å². The Morgan fingerprint density at radius 2 is 1.96 bits per heavy atom. The van der Waals surface area contributed by atoms with Gasteiger partial charge in [-0.2, -0.15) is 0 Å². The zero-order valence-corrected chi connectivity index (χ0v) is 15.3. The van der Waals surface area contributed by atoms with Crippen molar-refractivity contribution >= 4 is 22.7 Å². The van der Waals surface area contributed by atoms with Crippen LogP contribution < -0.4 is 14.8 Å². The highest BCUT2D eigenvalue weighted by atomic mass is 32.1. The largest absolute Gasteiger partial charge is 0.493 e. The molecule has 0 aliphatic carbocycles. The van der Waals surface area contributed by atoms with E-state index in [0.29, 0.717) is 0 Å². The highest BCUT2D eigenvalue weighted by Crippen LogP contribution is 2.28. The number of hydrogen-bond acceptors (Lipinski definition) is 6. The maximum Gasteiger partial charge on any atom is 0.161 e. The highest BCUT2D eigenvalue weighted by Gasteiger charge is 2.15. The van der Waals surface area contributed by atoms with Crippen LogP contribution in [0.1, 0.15) is 21.5 Å². The van der Waals surface area contributed by atoms with Crippen LogP contribution in [0.2, 0.25) is 0 Å². The Morgan fingerprint density at radius 3 is 2.62 bits per heavy atom. The van der Waals surface area contributed by atoms with Gasteiger partial charge in [0.25, 0.3) is 0 Å². The van der Waals surface area contributed by atoms with Gasteiger partial charge in [0, 0.05) is 29.4 Å². The van der Waals surface area contributed by atoms with E-state index in [0.717, 1.165) is 35.0 Å². The maximum absolute atomic E-state index is 5.38. The van der Waals surface area contributed by atoms with Gasteiger partial charge in [-0.1, -0.05) is 12.1 Å². The third-order valence-electron chi connectivity index (χ3n) is 3.74. The predicted molar refractivity (Wildman–Crippen MR) is 99.3 cm³/mol. The van der Waals surface area contributed by atoms with E-state index in [2.05, 4.69) is 33.9 Å². The maximum atomic E-state index is 5.38. The number of aromatic nitrogens is 1. The molecule has 3 aromatic rings. The van der Waals surface area contributed by atoms with Crippen LogP contribution in [-0.2, 0) is 13.0 Å². The van der Waals surface area contributed by atoms with Crippen molar-refractivity contribution < 1.29 is 9.47 Å². The number of thiophene rings is 1. The molecule has 6 heteroatoms. The summed E-state index contributed by atoms with van der Waals surface area (Å²) >= 11 is 3.47. The molecular weight excluding hydrogens is 340 g/mol. The van der Waals surface area contributed by atoms with Crippen molar-refractivity contribution in [1.29, 1.82) is 0 Å². The Bertz CT molecular complexity index is 742. The molecule has 1 aromatic carbocycles. The lowest BCUT2D eigenvalue weighted by Crippen LogP contribution is -2.22. The van der Waals surface area contributed by atoms with Crippen molar-refractivity contribution in [1.82, 2.24) is 10.3 Å². The first-order chi connectivity index (χ1) is 11.8. The second-order valence-electron chi connectivity index (χ2n) is 5.28. The quantitative estimate of drug-likeness (QED) is 0.651. The van der Waals surface area contributed by atoms with E-state index in [1.807, 2.05) is 23.7 Å². The summed E-state index contributed by atoms with van der Waals surface area (Å²) in [5.41, 5.74) is 1.15. The Hall–Kier alpha value is -1.89. The van der Waals surface area contributed by atoms with Crippen LogP contribution in [0.25, 0.3) is 0 Å². The summed E-state index contributed by atoms with van der Waals surface area (Å²) < 4.78 is 10.7. The van der Waals surface area contributed by atoms with Crippen molar-refractivity contribution in [3.05, 3.63) is 62.7 Å². The summed E-state index contributed by atoms with van der Waals surface area (Å²) in [5.74, 6) is 1.50. The molecule has 0 fully saturated rings. The van der Waals surface area contributed by atoms with Crippen LogP contribution in [0.15, 0.2) is 47.3 Å². The molecule has 1 unspecified atom stereocenters. The Morgan fingerprint density at radius 1 is 1.08 bits per heavy atom. The third-order valence-corrected chi connectivity index (χ3v) is 5.52. The molecule has 3 rings (SSSR count). The van der Waals surface area contributed by atoms with Gasteiger partial charge in [0.05, 0.1) is 20.3 Å². The first kappa shape index (κ1) is 17.0. The van der Waals surface area contributed by atoms with Gasteiger partial charge in [0.15, 0.2) is 11.5 Å². The van der Waals surface area contributed by atoms with Crippen LogP contribution >= 0.6 is 22.7 Å². The zero-order valence-electron chi connectivity index (χ0n) is 13.7. The first-order valence-electron chi connectivity index (χ1n) is 7.66. The molecule has 0 saturated carbocycles. The van der Waals surface area contributed by atoms with E-state index in [-0.39, 0.29) is 6.04 Å². The molecule has 0 aliphatic heterocycles. The van der Waals surface area contributed by atoms with Gasteiger partial charge >= 0.3 is 0 Å². The summed E-state index contributed by atoms with van der Waals surface area (Å²) in [4.78, 5) is 5.84. The molecule has 2 aromatic heterocycles. The van der Waals surface area contributed by atoms with E-state index in [1.165, 1.54) is 4.88 Å². The Balaban J connectivity index is 1.71. The topological polar surface area (TPSA) is 43.4 Å². The summed E-state index contributed by atoms with van der Waals surface area (Å²) in [7, 11) is 3.31. The van der Waals surface area contributed by atoms with Crippen molar-refractivity contribution in [3.63, 3.8) is 0 Å². The Kier molecular flexibility index (Phi) is 5.85. The van der Waals surface area contributed by atoms with E-state index >= 15 is 0 Å². The average Bonchev–Trinajstić information content (AvgIpc) is 3.31. The summed E-state index contributed by atoms with van der Waals surface area (Å²) in [5, 5.41) is 8.87. The van der Waals surface area contributed by atoms with Crippen molar-refractivity contribution in [3.8, 4) is 11.5 Å². The Labute approximate surface area is 150 Å². The highest BCUT2D eigenvalue weighted by molar-refractivity contribution is 7.10. The number of rotatable bonds is 8. The van der Waals surface area contributed by atoms with Crippen LogP contribution in [0.3, 0.4) is 0 Å². The summed E-state index contributed by atoms with van der Waals surface area (Å²) in [6, 6.07) is 10.5.